The maximum absolute atomic E-state index is 13.5. The third-order valence-corrected chi connectivity index (χ3v) is 4.84. The van der Waals surface area contributed by atoms with Crippen LogP contribution >= 0.6 is 0 Å². The summed E-state index contributed by atoms with van der Waals surface area (Å²) in [6.07, 6.45) is -4.72. The number of imide groups is 1. The number of nitrogens with zero attached hydrogens (tertiary/aromatic N) is 2. The number of hydrogen-bond donors (Lipinski definition) is 0. The monoisotopic (exact) mass is 340 g/mol. The van der Waals surface area contributed by atoms with Gasteiger partial charge in [-0.1, -0.05) is 30.3 Å². The number of carbonyl (C=O) groups is 3. The molecule has 0 saturated carbocycles. The van der Waals surface area contributed by atoms with Crippen LogP contribution in [-0.4, -0.2) is 59.8 Å². The standard InChI is InChI=1S/C16H15F3N2O3/c1-20-11(12(22)8-6-4-3-5-7-8)9-10(13(20)16(17,18)19)15(24)21(2)14(9)23/h3-7,9-11,13H,1-2H3/t9-,10+,11+,13+/m0/s1. The molecule has 5 nitrogen and oxygen atoms in total. The molecule has 2 aliphatic heterocycles. The van der Waals surface area contributed by atoms with Crippen molar-refractivity contribution in [1.82, 2.24) is 9.80 Å². The molecule has 8 heteroatoms. The minimum absolute atomic E-state index is 0.214. The van der Waals surface area contributed by atoms with E-state index in [-0.39, 0.29) is 5.56 Å². The number of fused-ring (bicyclic) bond motifs is 1. The predicted octanol–water partition coefficient (Wildman–Crippen LogP) is 1.35. The number of amides is 2. The van der Waals surface area contributed by atoms with E-state index in [0.29, 0.717) is 4.90 Å². The molecule has 0 unspecified atom stereocenters. The average Bonchev–Trinajstić information content (AvgIpc) is 2.95. The molecule has 1 aromatic rings. The van der Waals surface area contributed by atoms with E-state index in [1.54, 1.807) is 18.2 Å². The maximum atomic E-state index is 13.5. The Balaban J connectivity index is 2.08. The first-order valence-corrected chi connectivity index (χ1v) is 7.35. The number of halogens is 3. The maximum Gasteiger partial charge on any atom is 0.404 e. The van der Waals surface area contributed by atoms with Crippen LogP contribution in [0, 0.1) is 11.8 Å². The van der Waals surface area contributed by atoms with E-state index in [4.69, 9.17) is 0 Å². The number of likely N-dealkylation sites (N-methyl/N-ethyl adjacent to an activating group) is 1. The summed E-state index contributed by atoms with van der Waals surface area (Å²) in [5, 5.41) is 0. The summed E-state index contributed by atoms with van der Waals surface area (Å²) in [5.41, 5.74) is 0.214. The van der Waals surface area contributed by atoms with E-state index in [1.165, 1.54) is 12.1 Å². The number of benzene rings is 1. The lowest BCUT2D eigenvalue weighted by Gasteiger charge is -2.29. The fourth-order valence-corrected chi connectivity index (χ4v) is 3.76. The minimum atomic E-state index is -4.72. The third kappa shape index (κ3) is 2.24. The van der Waals surface area contributed by atoms with Gasteiger partial charge in [0.05, 0.1) is 17.9 Å². The quantitative estimate of drug-likeness (QED) is 0.602. The molecule has 4 atom stereocenters. The lowest BCUT2D eigenvalue weighted by atomic mass is 9.86. The van der Waals surface area contributed by atoms with Crippen LogP contribution in [0.4, 0.5) is 13.2 Å². The average molecular weight is 340 g/mol. The third-order valence-electron chi connectivity index (χ3n) is 4.84. The first-order valence-electron chi connectivity index (χ1n) is 7.35. The van der Waals surface area contributed by atoms with Crippen molar-refractivity contribution in [3.63, 3.8) is 0 Å². The van der Waals surface area contributed by atoms with Crippen molar-refractivity contribution in [2.75, 3.05) is 14.1 Å². The van der Waals surface area contributed by atoms with Gasteiger partial charge in [0.2, 0.25) is 11.8 Å². The molecule has 0 spiro atoms. The van der Waals surface area contributed by atoms with Crippen molar-refractivity contribution in [3.8, 4) is 0 Å². The van der Waals surface area contributed by atoms with Gasteiger partial charge in [-0.2, -0.15) is 13.2 Å². The highest BCUT2D eigenvalue weighted by Gasteiger charge is 2.68. The van der Waals surface area contributed by atoms with Crippen LogP contribution in [0.1, 0.15) is 10.4 Å². The van der Waals surface area contributed by atoms with E-state index in [2.05, 4.69) is 0 Å². The van der Waals surface area contributed by atoms with Crippen LogP contribution in [0.25, 0.3) is 0 Å². The lowest BCUT2D eigenvalue weighted by Crippen LogP contribution is -2.50. The van der Waals surface area contributed by atoms with Crippen molar-refractivity contribution in [3.05, 3.63) is 35.9 Å². The van der Waals surface area contributed by atoms with Gasteiger partial charge in [0, 0.05) is 12.6 Å². The van der Waals surface area contributed by atoms with E-state index in [0.717, 1.165) is 19.0 Å². The molecule has 0 N–H and O–H groups in total. The van der Waals surface area contributed by atoms with Gasteiger partial charge < -0.3 is 0 Å². The Morgan fingerprint density at radius 2 is 1.54 bits per heavy atom. The number of likely N-dealkylation sites (tertiary alicyclic amines) is 2. The van der Waals surface area contributed by atoms with Gasteiger partial charge in [-0.05, 0) is 7.05 Å². The molecule has 128 valence electrons. The summed E-state index contributed by atoms with van der Waals surface area (Å²) in [4.78, 5) is 38.8. The van der Waals surface area contributed by atoms with Crippen molar-refractivity contribution < 1.29 is 27.6 Å². The Labute approximate surface area is 136 Å². The van der Waals surface area contributed by atoms with Crippen LogP contribution in [0.5, 0.6) is 0 Å². The summed E-state index contributed by atoms with van der Waals surface area (Å²) < 4.78 is 40.4. The molecule has 0 radical (unpaired) electrons. The molecule has 2 amide bonds. The van der Waals surface area contributed by atoms with Gasteiger partial charge in [-0.25, -0.2) is 0 Å². The van der Waals surface area contributed by atoms with Gasteiger partial charge in [0.25, 0.3) is 0 Å². The molecule has 0 aromatic heterocycles. The Morgan fingerprint density at radius 1 is 1.00 bits per heavy atom. The molecular formula is C16H15F3N2O3. The molecule has 2 heterocycles. The Morgan fingerprint density at radius 3 is 2.08 bits per heavy atom. The topological polar surface area (TPSA) is 57.7 Å². The second kappa shape index (κ2) is 5.41. The van der Waals surface area contributed by atoms with E-state index < -0.39 is 47.7 Å². The summed E-state index contributed by atoms with van der Waals surface area (Å²) in [5.74, 6) is -5.10. The van der Waals surface area contributed by atoms with E-state index in [9.17, 15) is 27.6 Å². The molecule has 24 heavy (non-hydrogen) atoms. The van der Waals surface area contributed by atoms with Gasteiger partial charge in [0.1, 0.15) is 6.04 Å². The number of Topliss-reactive ketones (excluding diaryl/α,β-unsaturated/α-hetero) is 1. The number of ketones is 1. The highest BCUT2D eigenvalue weighted by Crippen LogP contribution is 2.47. The first-order chi connectivity index (χ1) is 11.2. The molecule has 0 bridgehead atoms. The lowest BCUT2D eigenvalue weighted by molar-refractivity contribution is -0.187. The zero-order valence-electron chi connectivity index (χ0n) is 12.9. The number of alkyl halides is 3. The molecule has 0 aliphatic carbocycles. The SMILES string of the molecule is CN1C(=O)[C@@H]2[C@H](C1=O)[C@H](C(=O)c1ccccc1)N(C)[C@H]2C(F)(F)F. The smallest absolute Gasteiger partial charge is 0.292 e. The largest absolute Gasteiger partial charge is 0.404 e. The zero-order chi connectivity index (χ0) is 17.8. The van der Waals surface area contributed by atoms with Gasteiger partial charge in [-0.15, -0.1) is 0 Å². The molecule has 2 fully saturated rings. The van der Waals surface area contributed by atoms with Gasteiger partial charge >= 0.3 is 6.18 Å². The highest BCUT2D eigenvalue weighted by molar-refractivity contribution is 6.11. The van der Waals surface area contributed by atoms with Gasteiger partial charge in [0.15, 0.2) is 5.78 Å². The summed E-state index contributed by atoms with van der Waals surface area (Å²) in [6.45, 7) is 0. The normalized spacial score (nSPS) is 30.8. The van der Waals surface area contributed by atoms with Crippen molar-refractivity contribution >= 4 is 17.6 Å². The molecule has 3 rings (SSSR count). The summed E-state index contributed by atoms with van der Waals surface area (Å²) >= 11 is 0. The van der Waals surface area contributed by atoms with Crippen molar-refractivity contribution in [2.45, 2.75) is 18.3 Å². The van der Waals surface area contributed by atoms with Crippen LogP contribution in [0.15, 0.2) is 30.3 Å². The zero-order valence-corrected chi connectivity index (χ0v) is 12.9. The van der Waals surface area contributed by atoms with Crippen LogP contribution < -0.4 is 0 Å². The number of hydrogen-bond acceptors (Lipinski definition) is 4. The van der Waals surface area contributed by atoms with Gasteiger partial charge in [-0.3, -0.25) is 24.2 Å². The van der Waals surface area contributed by atoms with E-state index >= 15 is 0 Å². The number of carbonyl (C=O) groups excluding carboxylic acids is 3. The summed E-state index contributed by atoms with van der Waals surface area (Å²) in [7, 11) is 2.29. The fourth-order valence-electron chi connectivity index (χ4n) is 3.76. The minimum Gasteiger partial charge on any atom is -0.292 e. The molecular weight excluding hydrogens is 325 g/mol. The Hall–Kier alpha value is -2.22. The van der Waals surface area contributed by atoms with E-state index in [1.807, 2.05) is 0 Å². The second-order valence-electron chi connectivity index (χ2n) is 6.11. The van der Waals surface area contributed by atoms with Crippen LogP contribution in [0.2, 0.25) is 0 Å². The van der Waals surface area contributed by atoms with Crippen LogP contribution in [-0.2, 0) is 9.59 Å². The van der Waals surface area contributed by atoms with Crippen LogP contribution in [0.3, 0.4) is 0 Å². The van der Waals surface area contributed by atoms with Crippen molar-refractivity contribution in [1.29, 1.82) is 0 Å². The van der Waals surface area contributed by atoms with Crippen molar-refractivity contribution in [2.24, 2.45) is 11.8 Å². The summed E-state index contributed by atoms with van der Waals surface area (Å²) in [6, 6.07) is 4.36. The molecule has 2 aliphatic rings. The predicted molar refractivity (Wildman–Crippen MR) is 76.9 cm³/mol. The molecule has 1 aromatic carbocycles. The fraction of sp³-hybridized carbons (Fsp3) is 0.438. The molecule has 2 saturated heterocycles. The highest BCUT2D eigenvalue weighted by atomic mass is 19.4. The first kappa shape index (κ1) is 16.6. The number of rotatable bonds is 2. The second-order valence-corrected chi connectivity index (χ2v) is 6.11. The Kier molecular flexibility index (Phi) is 3.75. The Bertz CT molecular complexity index is 704.